The van der Waals surface area contributed by atoms with Crippen molar-refractivity contribution in [2.75, 3.05) is 18.5 Å². The summed E-state index contributed by atoms with van der Waals surface area (Å²) in [5.74, 6) is -4.37. The number of hydrogen-bond donors (Lipinski definition) is 4. The van der Waals surface area contributed by atoms with Crippen molar-refractivity contribution >= 4 is 41.2 Å². The fourth-order valence-corrected chi connectivity index (χ4v) is 3.07. The second-order valence-corrected chi connectivity index (χ2v) is 6.91. The number of hydrogen-bond acceptors (Lipinski definition) is 6. The van der Waals surface area contributed by atoms with Gasteiger partial charge >= 0.3 is 18.0 Å². The molecule has 3 rings (SSSR count). The Labute approximate surface area is 180 Å². The first-order valence-corrected chi connectivity index (χ1v) is 9.38. The number of anilines is 1. The van der Waals surface area contributed by atoms with Gasteiger partial charge in [0.15, 0.2) is 17.4 Å². The summed E-state index contributed by atoms with van der Waals surface area (Å²) in [5.41, 5.74) is 0.708. The number of urea groups is 1. The summed E-state index contributed by atoms with van der Waals surface area (Å²) in [6.45, 7) is 0.768. The minimum Gasteiger partial charge on any atom is -0.486 e. The van der Waals surface area contributed by atoms with Crippen LogP contribution < -0.4 is 20.1 Å². The van der Waals surface area contributed by atoms with Crippen LogP contribution in [0, 0.1) is 5.92 Å². The maximum Gasteiger partial charge on any atom is 0.326 e. The maximum absolute atomic E-state index is 12.3. The van der Waals surface area contributed by atoms with Crippen LogP contribution in [0.3, 0.4) is 0 Å². The average Bonchev–Trinajstić information content (AvgIpc) is 2.72. The number of carbonyl (C=O) groups is 4. The molecule has 162 valence electrons. The number of ether oxygens (including phenoxy) is 2. The monoisotopic (exact) mass is 448 g/mol. The molecule has 0 spiro atoms. The fourth-order valence-electron chi connectivity index (χ4n) is 2.81. The van der Waals surface area contributed by atoms with Crippen LogP contribution in [0.5, 0.6) is 11.5 Å². The van der Waals surface area contributed by atoms with Crippen LogP contribution >= 0.6 is 11.6 Å². The van der Waals surface area contributed by atoms with Crippen molar-refractivity contribution in [1.29, 1.82) is 0 Å². The van der Waals surface area contributed by atoms with Gasteiger partial charge in [0.1, 0.15) is 13.2 Å². The predicted molar refractivity (Wildman–Crippen MR) is 108 cm³/mol. The smallest absolute Gasteiger partial charge is 0.326 e. The van der Waals surface area contributed by atoms with Gasteiger partial charge in [-0.25, -0.2) is 4.79 Å². The summed E-state index contributed by atoms with van der Waals surface area (Å²) < 4.78 is 10.8. The second kappa shape index (κ2) is 9.35. The molecule has 0 bridgehead atoms. The number of carbonyl (C=O) groups excluding carboxylic acids is 2. The van der Waals surface area contributed by atoms with E-state index < -0.39 is 29.8 Å². The molecule has 0 saturated heterocycles. The number of rotatable bonds is 6. The topological polar surface area (TPSA) is 151 Å². The highest BCUT2D eigenvalue weighted by Gasteiger charge is 2.27. The number of halogens is 1. The Kier molecular flexibility index (Phi) is 6.61. The third kappa shape index (κ3) is 5.43. The number of benzene rings is 2. The summed E-state index contributed by atoms with van der Waals surface area (Å²) in [4.78, 5) is 46.5. The van der Waals surface area contributed by atoms with Crippen molar-refractivity contribution in [3.63, 3.8) is 0 Å². The van der Waals surface area contributed by atoms with E-state index in [0.29, 0.717) is 24.7 Å². The highest BCUT2D eigenvalue weighted by Crippen LogP contribution is 2.30. The summed E-state index contributed by atoms with van der Waals surface area (Å²) >= 11 is 6.09. The Bertz CT molecular complexity index is 1040. The van der Waals surface area contributed by atoms with Gasteiger partial charge in [-0.2, -0.15) is 0 Å². The molecule has 0 saturated carbocycles. The standard InChI is InChI=1S/C20H17ClN2O8/c21-14-9-12(3-1-10(14)7-13(18(25)26)19(27)28)22-20(29)23-17(24)11-2-4-15-16(8-11)31-6-5-30-15/h1-4,8-9,13H,5-7H2,(H,25,26)(H,27,28)(H2,22,23,24,29). The Morgan fingerprint density at radius 3 is 2.29 bits per heavy atom. The first kappa shape index (κ1) is 21.9. The van der Waals surface area contributed by atoms with E-state index in [1.54, 1.807) is 6.07 Å². The lowest BCUT2D eigenvalue weighted by atomic mass is 9.99. The van der Waals surface area contributed by atoms with E-state index in [0.717, 1.165) is 0 Å². The quantitative estimate of drug-likeness (QED) is 0.492. The molecule has 1 aliphatic heterocycles. The largest absolute Gasteiger partial charge is 0.486 e. The van der Waals surface area contributed by atoms with E-state index in [1.165, 1.54) is 30.3 Å². The Balaban J connectivity index is 1.62. The van der Waals surface area contributed by atoms with Crippen LogP contribution in [0.15, 0.2) is 36.4 Å². The van der Waals surface area contributed by atoms with Crippen LogP contribution in [0.4, 0.5) is 10.5 Å². The second-order valence-electron chi connectivity index (χ2n) is 6.51. The van der Waals surface area contributed by atoms with Crippen molar-refractivity contribution < 1.29 is 38.9 Å². The van der Waals surface area contributed by atoms with Gasteiger partial charge in [-0.05, 0) is 42.3 Å². The van der Waals surface area contributed by atoms with Crippen LogP contribution in [-0.2, 0) is 16.0 Å². The lowest BCUT2D eigenvalue weighted by Crippen LogP contribution is -2.34. The first-order chi connectivity index (χ1) is 14.7. The number of carboxylic acid groups (broad SMARTS) is 2. The molecule has 0 fully saturated rings. The lowest BCUT2D eigenvalue weighted by Gasteiger charge is -2.18. The Morgan fingerprint density at radius 1 is 0.968 bits per heavy atom. The molecule has 0 aliphatic carbocycles. The molecular formula is C20H17ClN2O8. The molecule has 0 atom stereocenters. The van der Waals surface area contributed by atoms with E-state index in [1.807, 2.05) is 0 Å². The molecule has 10 nitrogen and oxygen atoms in total. The molecule has 0 aromatic heterocycles. The molecule has 0 unspecified atom stereocenters. The van der Waals surface area contributed by atoms with Crippen LogP contribution in [0.25, 0.3) is 0 Å². The van der Waals surface area contributed by atoms with Gasteiger partial charge in [0.2, 0.25) is 0 Å². The first-order valence-electron chi connectivity index (χ1n) is 9.00. The molecule has 3 amide bonds. The van der Waals surface area contributed by atoms with Crippen LogP contribution in [0.2, 0.25) is 5.02 Å². The molecule has 4 N–H and O–H groups in total. The number of carboxylic acids is 2. The molecule has 1 heterocycles. The van der Waals surface area contributed by atoms with E-state index >= 15 is 0 Å². The van der Waals surface area contributed by atoms with E-state index in [-0.39, 0.29) is 28.3 Å². The minimum absolute atomic E-state index is 0.0727. The van der Waals surface area contributed by atoms with Gasteiger partial charge in [-0.3, -0.25) is 19.7 Å². The van der Waals surface area contributed by atoms with E-state index in [2.05, 4.69) is 10.6 Å². The number of fused-ring (bicyclic) bond motifs is 1. The van der Waals surface area contributed by atoms with Crippen molar-refractivity contribution in [1.82, 2.24) is 5.32 Å². The molecule has 0 radical (unpaired) electrons. The van der Waals surface area contributed by atoms with Crippen LogP contribution in [-0.4, -0.2) is 47.3 Å². The predicted octanol–water partition coefficient (Wildman–Crippen LogP) is 2.40. The van der Waals surface area contributed by atoms with Gasteiger partial charge in [0, 0.05) is 16.3 Å². The minimum atomic E-state index is -1.65. The van der Waals surface area contributed by atoms with E-state index in [9.17, 15) is 19.2 Å². The number of aliphatic carboxylic acids is 2. The zero-order valence-corrected chi connectivity index (χ0v) is 16.6. The summed E-state index contributed by atoms with van der Waals surface area (Å²) in [6, 6.07) is 7.84. The Hall–Kier alpha value is -3.79. The SMILES string of the molecule is O=C(NC(=O)c1ccc2c(c1)OCCO2)Nc1ccc(CC(C(=O)O)C(=O)O)c(Cl)c1. The third-order valence-corrected chi connectivity index (χ3v) is 4.71. The normalized spacial score (nSPS) is 12.2. The van der Waals surface area contributed by atoms with Crippen LogP contribution in [0.1, 0.15) is 15.9 Å². The summed E-state index contributed by atoms with van der Waals surface area (Å²) in [6.07, 6.45) is -0.321. The molecular weight excluding hydrogens is 432 g/mol. The molecule has 11 heteroatoms. The number of amides is 3. The highest BCUT2D eigenvalue weighted by molar-refractivity contribution is 6.31. The van der Waals surface area contributed by atoms with Crippen molar-refractivity contribution in [2.24, 2.45) is 5.92 Å². The van der Waals surface area contributed by atoms with Gasteiger partial charge in [-0.15, -0.1) is 0 Å². The van der Waals surface area contributed by atoms with Gasteiger partial charge < -0.3 is 25.0 Å². The summed E-state index contributed by atoms with van der Waals surface area (Å²) in [7, 11) is 0. The van der Waals surface area contributed by atoms with Crippen molar-refractivity contribution in [3.8, 4) is 11.5 Å². The zero-order valence-electron chi connectivity index (χ0n) is 15.9. The van der Waals surface area contributed by atoms with E-state index in [4.69, 9.17) is 31.3 Å². The summed E-state index contributed by atoms with van der Waals surface area (Å²) in [5, 5.41) is 22.6. The molecule has 2 aromatic carbocycles. The van der Waals surface area contributed by atoms with Gasteiger partial charge in [-0.1, -0.05) is 17.7 Å². The highest BCUT2D eigenvalue weighted by atomic mass is 35.5. The van der Waals surface area contributed by atoms with Gasteiger partial charge in [0.05, 0.1) is 0 Å². The average molecular weight is 449 g/mol. The lowest BCUT2D eigenvalue weighted by molar-refractivity contribution is -0.154. The Morgan fingerprint density at radius 2 is 1.65 bits per heavy atom. The number of imide groups is 1. The fraction of sp³-hybridized carbons (Fsp3) is 0.200. The van der Waals surface area contributed by atoms with Crippen molar-refractivity contribution in [2.45, 2.75) is 6.42 Å². The zero-order chi connectivity index (χ0) is 22.5. The third-order valence-electron chi connectivity index (χ3n) is 4.36. The maximum atomic E-state index is 12.3. The molecule has 2 aromatic rings. The van der Waals surface area contributed by atoms with Crippen molar-refractivity contribution in [3.05, 3.63) is 52.5 Å². The number of nitrogens with one attached hydrogen (secondary N) is 2. The molecule has 31 heavy (non-hydrogen) atoms. The molecule has 1 aliphatic rings. The van der Waals surface area contributed by atoms with Gasteiger partial charge in [0.25, 0.3) is 5.91 Å².